The Hall–Kier alpha value is -5.46. The van der Waals surface area contributed by atoms with Crippen LogP contribution >= 0.6 is 15.9 Å². The Labute approximate surface area is 463 Å². The molecule has 7 nitrogen and oxygen atoms in total. The van der Waals surface area contributed by atoms with Crippen LogP contribution in [0, 0.1) is 11.8 Å². The van der Waals surface area contributed by atoms with Gasteiger partial charge < -0.3 is 24.4 Å². The molecule has 0 amide bonds. The summed E-state index contributed by atoms with van der Waals surface area (Å²) in [5.41, 5.74) is 8.89. The molecule has 0 fully saturated rings. The van der Waals surface area contributed by atoms with Gasteiger partial charge in [-0.15, -0.1) is 0 Å². The first-order valence-corrected chi connectivity index (χ1v) is 28.4. The van der Waals surface area contributed by atoms with Crippen LogP contribution in [0.4, 0.5) is 0 Å². The van der Waals surface area contributed by atoms with E-state index >= 15 is 0 Å². The SMILES string of the molecule is CCCCCCCCCCCCOc1c(CO)cc(C#Cc2c3cc(-c4cc(C(C)(C)C)c(OC(C)=O)c(C(C)(C)C)c4)ccc3c(Br)c3ccc(-c4cc(C(C)(C)C)c(OC(C)=O)c(C(C)(C)C)c4)cc23)cc1CO. The number of aliphatic hydroxyl groups is 2. The molecular weight excluding hydrogens is 1010 g/mol. The van der Waals surface area contributed by atoms with Crippen LogP contribution in [-0.2, 0) is 44.5 Å². The van der Waals surface area contributed by atoms with Crippen LogP contribution < -0.4 is 14.2 Å². The van der Waals surface area contributed by atoms with Crippen LogP contribution in [-0.4, -0.2) is 28.8 Å². The van der Waals surface area contributed by atoms with Crippen molar-refractivity contribution in [3.05, 3.63) is 122 Å². The first-order chi connectivity index (χ1) is 35.7. The van der Waals surface area contributed by atoms with Crippen LogP contribution in [0.25, 0.3) is 43.8 Å². The van der Waals surface area contributed by atoms with E-state index in [1.54, 1.807) is 0 Å². The molecule has 0 heterocycles. The van der Waals surface area contributed by atoms with Crippen molar-refractivity contribution in [2.45, 2.75) is 203 Å². The largest absolute Gasteiger partial charge is 0.493 e. The number of fused-ring (bicyclic) bond motifs is 2. The predicted molar refractivity (Wildman–Crippen MR) is 319 cm³/mol. The second-order valence-corrected chi connectivity index (χ2v) is 25.7. The van der Waals surface area contributed by atoms with Gasteiger partial charge in [-0.1, -0.05) is 184 Å². The zero-order valence-electron chi connectivity index (χ0n) is 48.4. The first-order valence-electron chi connectivity index (χ1n) is 27.6. The van der Waals surface area contributed by atoms with Gasteiger partial charge in [0.2, 0.25) is 0 Å². The number of ether oxygens (including phenoxy) is 3. The molecule has 0 aliphatic rings. The van der Waals surface area contributed by atoms with Gasteiger partial charge in [0.15, 0.2) is 0 Å². The maximum atomic E-state index is 12.6. The van der Waals surface area contributed by atoms with Crippen LogP contribution in [0.15, 0.2) is 77.3 Å². The zero-order chi connectivity index (χ0) is 55.9. The van der Waals surface area contributed by atoms with Gasteiger partial charge >= 0.3 is 11.9 Å². The number of hydrogen-bond acceptors (Lipinski definition) is 7. The molecule has 0 spiro atoms. The van der Waals surface area contributed by atoms with Crippen molar-refractivity contribution in [3.63, 3.8) is 0 Å². The number of hydrogen-bond donors (Lipinski definition) is 2. The summed E-state index contributed by atoms with van der Waals surface area (Å²) in [5, 5.41) is 25.3. The third-order valence-corrected chi connectivity index (χ3v) is 15.1. The minimum absolute atomic E-state index is 0.264. The molecule has 76 heavy (non-hydrogen) atoms. The summed E-state index contributed by atoms with van der Waals surface area (Å²) in [7, 11) is 0. The zero-order valence-corrected chi connectivity index (χ0v) is 50.0. The first kappa shape index (κ1) is 59.8. The average Bonchev–Trinajstić information content (AvgIpc) is 3.33. The topological polar surface area (TPSA) is 102 Å². The quantitative estimate of drug-likeness (QED) is 0.0291. The molecular formula is C68H85BrO7. The van der Waals surface area contributed by atoms with E-state index < -0.39 is 0 Å². The van der Waals surface area contributed by atoms with Crippen LogP contribution in [0.1, 0.15) is 213 Å². The molecule has 0 unspecified atom stereocenters. The van der Waals surface area contributed by atoms with E-state index in [0.717, 1.165) is 88.9 Å². The minimum Gasteiger partial charge on any atom is -0.493 e. The smallest absolute Gasteiger partial charge is 0.308 e. The minimum atomic E-state index is -0.359. The highest BCUT2D eigenvalue weighted by Crippen LogP contribution is 2.47. The molecule has 0 saturated carbocycles. The Morgan fingerprint density at radius 1 is 0.474 bits per heavy atom. The molecule has 0 bridgehead atoms. The lowest BCUT2D eigenvalue weighted by Gasteiger charge is -2.30. The fourth-order valence-electron chi connectivity index (χ4n) is 10.1. The summed E-state index contributed by atoms with van der Waals surface area (Å²) < 4.78 is 19.3. The van der Waals surface area contributed by atoms with Gasteiger partial charge in [-0.25, -0.2) is 0 Å². The van der Waals surface area contributed by atoms with E-state index in [4.69, 9.17) is 14.2 Å². The molecule has 0 saturated heterocycles. The maximum Gasteiger partial charge on any atom is 0.308 e. The Bertz CT molecular complexity index is 2890. The number of halogens is 1. The second kappa shape index (κ2) is 24.9. The van der Waals surface area contributed by atoms with E-state index in [9.17, 15) is 19.8 Å². The fourth-order valence-corrected chi connectivity index (χ4v) is 10.8. The summed E-state index contributed by atoms with van der Waals surface area (Å²) >= 11 is 4.07. The van der Waals surface area contributed by atoms with Gasteiger partial charge in [0.05, 0.1) is 19.8 Å². The number of rotatable bonds is 18. The summed E-state index contributed by atoms with van der Waals surface area (Å²) in [6.07, 6.45) is 12.2. The molecule has 406 valence electrons. The highest BCUT2D eigenvalue weighted by Gasteiger charge is 2.31. The standard InChI is InChI=1S/C68H85BrO7/c1-16-17-18-19-20-21-22-23-24-25-32-74-62-50(41-70)33-45(34-51(62)42-71)26-29-52-55-35-46(48-37-57(65(4,5)6)63(75-43(2)72)58(38-48)66(7,8)9)27-30-53(55)61(69)54-31-28-47(36-56(52)54)49-39-59(67(10,11)12)64(76-44(3)73)60(40-49)68(13,14)15/h27-28,30-31,33-40,70-71H,16-25,32,41-42H2,1-15H3. The number of carbonyl (C=O) groups excluding carboxylic acids is 2. The van der Waals surface area contributed by atoms with Crippen LogP contribution in [0.5, 0.6) is 17.2 Å². The van der Waals surface area contributed by atoms with Crippen molar-refractivity contribution >= 4 is 49.4 Å². The van der Waals surface area contributed by atoms with Crippen LogP contribution in [0.2, 0.25) is 0 Å². The lowest BCUT2D eigenvalue weighted by molar-refractivity contribution is -0.133. The Morgan fingerprint density at radius 3 is 1.18 bits per heavy atom. The highest BCUT2D eigenvalue weighted by atomic mass is 79.9. The number of benzene rings is 6. The van der Waals surface area contributed by atoms with Gasteiger partial charge in [-0.05, 0) is 136 Å². The van der Waals surface area contributed by atoms with Crippen molar-refractivity contribution in [2.24, 2.45) is 0 Å². The summed E-state index contributed by atoms with van der Waals surface area (Å²) in [4.78, 5) is 25.2. The van der Waals surface area contributed by atoms with Gasteiger partial charge in [0, 0.05) is 62.8 Å². The lowest BCUT2D eigenvalue weighted by atomic mass is 9.77. The average molecular weight is 1090 g/mol. The van der Waals surface area contributed by atoms with Gasteiger partial charge in [0.25, 0.3) is 0 Å². The van der Waals surface area contributed by atoms with Gasteiger partial charge in [-0.2, -0.15) is 0 Å². The van der Waals surface area contributed by atoms with E-state index in [1.165, 1.54) is 65.2 Å². The Balaban J connectivity index is 1.57. The Morgan fingerprint density at radius 2 is 0.842 bits per heavy atom. The molecule has 0 aliphatic heterocycles. The van der Waals surface area contributed by atoms with Gasteiger partial charge in [0.1, 0.15) is 17.2 Å². The van der Waals surface area contributed by atoms with Crippen molar-refractivity contribution in [3.8, 4) is 51.3 Å². The number of unbranched alkanes of at least 4 members (excludes halogenated alkanes) is 9. The monoisotopic (exact) mass is 1090 g/mol. The molecule has 6 rings (SSSR count). The Kier molecular flexibility index (Phi) is 19.6. The molecule has 0 atom stereocenters. The van der Waals surface area contributed by atoms with Crippen molar-refractivity contribution in [1.29, 1.82) is 0 Å². The summed E-state index contributed by atoms with van der Waals surface area (Å²) in [6, 6.07) is 25.4. The fraction of sp³-hybridized carbons (Fsp3) is 0.471. The van der Waals surface area contributed by atoms with E-state index in [0.29, 0.717) is 40.5 Å². The molecule has 0 aromatic heterocycles. The van der Waals surface area contributed by atoms with Crippen molar-refractivity contribution in [1.82, 2.24) is 0 Å². The van der Waals surface area contributed by atoms with Crippen LogP contribution in [0.3, 0.4) is 0 Å². The normalized spacial score (nSPS) is 12.2. The van der Waals surface area contributed by atoms with Gasteiger partial charge in [-0.3, -0.25) is 9.59 Å². The highest BCUT2D eigenvalue weighted by molar-refractivity contribution is 9.10. The third-order valence-electron chi connectivity index (χ3n) is 14.3. The lowest BCUT2D eigenvalue weighted by Crippen LogP contribution is -2.21. The number of aliphatic hydroxyl groups excluding tert-OH is 2. The molecule has 6 aromatic rings. The molecule has 2 N–H and O–H groups in total. The third kappa shape index (κ3) is 14.6. The van der Waals surface area contributed by atoms with E-state index in [-0.39, 0.29) is 46.8 Å². The van der Waals surface area contributed by atoms with E-state index in [2.05, 4.69) is 178 Å². The molecule has 0 aliphatic carbocycles. The summed E-state index contributed by atoms with van der Waals surface area (Å²) in [6.45, 7) is 30.8. The molecule has 8 heteroatoms. The molecule has 6 aromatic carbocycles. The second-order valence-electron chi connectivity index (χ2n) is 24.9. The summed E-state index contributed by atoms with van der Waals surface area (Å²) in [5.74, 6) is 8.17. The van der Waals surface area contributed by atoms with Crippen molar-refractivity contribution in [2.75, 3.05) is 6.61 Å². The maximum absolute atomic E-state index is 12.6. The van der Waals surface area contributed by atoms with Crippen molar-refractivity contribution < 1.29 is 34.0 Å². The molecule has 0 radical (unpaired) electrons. The number of carbonyl (C=O) groups is 2. The van der Waals surface area contributed by atoms with E-state index in [1.807, 2.05) is 12.1 Å². The predicted octanol–water partition coefficient (Wildman–Crippen LogP) is 17.8. The number of esters is 2.